The van der Waals surface area contributed by atoms with Crippen molar-refractivity contribution in [2.75, 3.05) is 30.8 Å². The van der Waals surface area contributed by atoms with Gasteiger partial charge in [0.25, 0.3) is 0 Å². The van der Waals surface area contributed by atoms with E-state index in [-0.39, 0.29) is 24.8 Å². The van der Waals surface area contributed by atoms with Gasteiger partial charge in [0.1, 0.15) is 18.3 Å². The third-order valence-electron chi connectivity index (χ3n) is 6.17. The van der Waals surface area contributed by atoms with Gasteiger partial charge in [-0.2, -0.15) is 0 Å². The first kappa shape index (κ1) is 29.7. The van der Waals surface area contributed by atoms with Crippen molar-refractivity contribution in [1.29, 1.82) is 0 Å². The number of carbonyl (C=O) groups is 2. The summed E-state index contributed by atoms with van der Waals surface area (Å²) in [6, 6.07) is 24.5. The fraction of sp³-hybridized carbons (Fsp3) is 0.333. The summed E-state index contributed by atoms with van der Waals surface area (Å²) in [6.45, 7) is 4.12. The number of carbonyl (C=O) groups excluding carboxylic acids is 2. The highest BCUT2D eigenvalue weighted by Gasteiger charge is 2.33. The van der Waals surface area contributed by atoms with Crippen molar-refractivity contribution in [3.05, 3.63) is 96.1 Å². The van der Waals surface area contributed by atoms with Gasteiger partial charge < -0.3 is 15.0 Å². The summed E-state index contributed by atoms with van der Waals surface area (Å²) in [5.74, 6) is -0.0972. The number of hydrogen-bond donors (Lipinski definition) is 1. The van der Waals surface area contributed by atoms with Gasteiger partial charge in [0, 0.05) is 25.6 Å². The van der Waals surface area contributed by atoms with E-state index in [1.54, 1.807) is 24.3 Å². The summed E-state index contributed by atoms with van der Waals surface area (Å²) in [5, 5.41) is 2.97. The number of ether oxygens (including phenoxy) is 1. The molecular weight excluding hydrogens is 514 g/mol. The fourth-order valence-electron chi connectivity index (χ4n) is 4.14. The van der Waals surface area contributed by atoms with E-state index in [1.165, 1.54) is 12.0 Å². The molecule has 208 valence electrons. The molecule has 1 N–H and O–H groups in total. The first-order valence-corrected chi connectivity index (χ1v) is 14.7. The van der Waals surface area contributed by atoms with Crippen LogP contribution in [0.5, 0.6) is 5.75 Å². The van der Waals surface area contributed by atoms with Crippen LogP contribution in [0, 0.1) is 5.92 Å². The Labute approximate surface area is 231 Å². The number of rotatable bonds is 13. The van der Waals surface area contributed by atoms with Crippen LogP contribution in [-0.2, 0) is 32.6 Å². The molecule has 0 fully saturated rings. The monoisotopic (exact) mass is 551 g/mol. The van der Waals surface area contributed by atoms with Crippen LogP contribution in [0.25, 0.3) is 0 Å². The van der Waals surface area contributed by atoms with Crippen LogP contribution >= 0.6 is 0 Å². The number of anilines is 1. The second-order valence-corrected chi connectivity index (χ2v) is 11.7. The van der Waals surface area contributed by atoms with Gasteiger partial charge in [-0.05, 0) is 29.2 Å². The van der Waals surface area contributed by atoms with Crippen molar-refractivity contribution in [1.82, 2.24) is 10.2 Å². The molecule has 9 heteroatoms. The third kappa shape index (κ3) is 8.85. The summed E-state index contributed by atoms with van der Waals surface area (Å²) < 4.78 is 32.0. The molecule has 3 aromatic rings. The number of hydrogen-bond acceptors (Lipinski definition) is 5. The SMILES string of the molecule is COc1cccc(N(CC(=O)N(Cc2ccccc2)[C@@H](Cc2ccccc2)C(=O)NCC(C)C)S(C)(=O)=O)c1. The lowest BCUT2D eigenvalue weighted by Gasteiger charge is -2.33. The average Bonchev–Trinajstić information content (AvgIpc) is 2.92. The molecule has 0 bridgehead atoms. The van der Waals surface area contributed by atoms with Crippen LogP contribution in [0.15, 0.2) is 84.9 Å². The van der Waals surface area contributed by atoms with Crippen LogP contribution in [0.4, 0.5) is 5.69 Å². The molecule has 39 heavy (non-hydrogen) atoms. The Morgan fingerprint density at radius 3 is 2.08 bits per heavy atom. The molecule has 1 atom stereocenters. The number of benzene rings is 3. The molecule has 0 spiro atoms. The molecule has 3 aromatic carbocycles. The lowest BCUT2D eigenvalue weighted by Crippen LogP contribution is -2.53. The van der Waals surface area contributed by atoms with Crippen LogP contribution in [-0.4, -0.2) is 57.6 Å². The maximum Gasteiger partial charge on any atom is 0.244 e. The highest BCUT2D eigenvalue weighted by Crippen LogP contribution is 2.24. The van der Waals surface area contributed by atoms with E-state index in [2.05, 4.69) is 5.32 Å². The van der Waals surface area contributed by atoms with E-state index in [0.717, 1.165) is 21.7 Å². The Morgan fingerprint density at radius 1 is 0.897 bits per heavy atom. The van der Waals surface area contributed by atoms with Crippen LogP contribution < -0.4 is 14.4 Å². The van der Waals surface area contributed by atoms with Crippen molar-refractivity contribution in [2.24, 2.45) is 5.92 Å². The number of nitrogens with one attached hydrogen (secondary N) is 1. The predicted octanol–water partition coefficient (Wildman–Crippen LogP) is 3.87. The lowest BCUT2D eigenvalue weighted by atomic mass is 10.0. The number of nitrogens with zero attached hydrogens (tertiary/aromatic N) is 2. The Kier molecular flexibility index (Phi) is 10.5. The Balaban J connectivity index is 2.03. The number of amides is 2. The zero-order valence-corrected chi connectivity index (χ0v) is 23.7. The highest BCUT2D eigenvalue weighted by atomic mass is 32.2. The highest BCUT2D eigenvalue weighted by molar-refractivity contribution is 7.92. The van der Waals surface area contributed by atoms with Crippen LogP contribution in [0.1, 0.15) is 25.0 Å². The molecule has 0 radical (unpaired) electrons. The van der Waals surface area contributed by atoms with Crippen molar-refractivity contribution >= 4 is 27.5 Å². The van der Waals surface area contributed by atoms with E-state index in [9.17, 15) is 18.0 Å². The normalized spacial score (nSPS) is 12.0. The zero-order chi connectivity index (χ0) is 28.4. The second-order valence-electron chi connectivity index (χ2n) is 9.82. The molecular formula is C30H37N3O5S. The Morgan fingerprint density at radius 2 is 1.51 bits per heavy atom. The first-order valence-electron chi connectivity index (χ1n) is 12.8. The van der Waals surface area contributed by atoms with Gasteiger partial charge in [-0.3, -0.25) is 13.9 Å². The fourth-order valence-corrected chi connectivity index (χ4v) is 4.98. The van der Waals surface area contributed by atoms with Gasteiger partial charge in [0.05, 0.1) is 19.1 Å². The largest absolute Gasteiger partial charge is 0.497 e. The van der Waals surface area contributed by atoms with E-state index < -0.39 is 28.5 Å². The van der Waals surface area contributed by atoms with Crippen molar-refractivity contribution in [2.45, 2.75) is 32.9 Å². The van der Waals surface area contributed by atoms with Gasteiger partial charge in [-0.15, -0.1) is 0 Å². The predicted molar refractivity (Wildman–Crippen MR) is 154 cm³/mol. The minimum atomic E-state index is -3.84. The van der Waals surface area contributed by atoms with E-state index >= 15 is 0 Å². The maximum absolute atomic E-state index is 14.0. The molecule has 2 amide bonds. The molecule has 0 saturated carbocycles. The second kappa shape index (κ2) is 13.8. The van der Waals surface area contributed by atoms with Gasteiger partial charge in [0.15, 0.2) is 0 Å². The van der Waals surface area contributed by atoms with E-state index in [0.29, 0.717) is 18.0 Å². The molecule has 0 aliphatic heterocycles. The summed E-state index contributed by atoms with van der Waals surface area (Å²) >= 11 is 0. The standard InChI is InChI=1S/C30H37N3O5S/c1-23(2)20-31-30(35)28(18-24-12-7-5-8-13-24)32(21-25-14-9-6-10-15-25)29(34)22-33(39(4,36)37)26-16-11-17-27(19-26)38-3/h5-17,19,23,28H,18,20-22H2,1-4H3,(H,31,35)/t28-/m0/s1. The Hall–Kier alpha value is -3.85. The van der Waals surface area contributed by atoms with E-state index in [1.807, 2.05) is 74.5 Å². The molecule has 0 aromatic heterocycles. The first-order chi connectivity index (χ1) is 18.6. The smallest absolute Gasteiger partial charge is 0.244 e. The van der Waals surface area contributed by atoms with Crippen LogP contribution in [0.3, 0.4) is 0 Å². The van der Waals surface area contributed by atoms with Gasteiger partial charge in [-0.25, -0.2) is 8.42 Å². The van der Waals surface area contributed by atoms with Gasteiger partial charge in [-0.1, -0.05) is 80.6 Å². The van der Waals surface area contributed by atoms with Crippen molar-refractivity contribution in [3.8, 4) is 5.75 Å². The van der Waals surface area contributed by atoms with Gasteiger partial charge in [0.2, 0.25) is 21.8 Å². The molecule has 0 aliphatic rings. The summed E-state index contributed by atoms with van der Waals surface area (Å²) in [7, 11) is -2.35. The van der Waals surface area contributed by atoms with Crippen molar-refractivity contribution < 1.29 is 22.7 Å². The maximum atomic E-state index is 14.0. The number of sulfonamides is 1. The summed E-state index contributed by atoms with van der Waals surface area (Å²) in [5.41, 5.74) is 2.02. The minimum absolute atomic E-state index is 0.141. The summed E-state index contributed by atoms with van der Waals surface area (Å²) in [6.07, 6.45) is 1.33. The van der Waals surface area contributed by atoms with E-state index in [4.69, 9.17) is 4.74 Å². The average molecular weight is 552 g/mol. The Bertz CT molecular complexity index is 1330. The minimum Gasteiger partial charge on any atom is -0.497 e. The van der Waals surface area contributed by atoms with Gasteiger partial charge >= 0.3 is 0 Å². The molecule has 0 saturated heterocycles. The van der Waals surface area contributed by atoms with Crippen LogP contribution in [0.2, 0.25) is 0 Å². The summed E-state index contributed by atoms with van der Waals surface area (Å²) in [4.78, 5) is 29.1. The number of methoxy groups -OCH3 is 1. The topological polar surface area (TPSA) is 96.0 Å². The molecule has 0 unspecified atom stereocenters. The quantitative estimate of drug-likeness (QED) is 0.348. The molecule has 8 nitrogen and oxygen atoms in total. The lowest BCUT2D eigenvalue weighted by molar-refractivity contribution is -0.140. The van der Waals surface area contributed by atoms with Crippen molar-refractivity contribution in [3.63, 3.8) is 0 Å². The third-order valence-corrected chi connectivity index (χ3v) is 7.31. The zero-order valence-electron chi connectivity index (χ0n) is 22.9. The molecule has 0 aliphatic carbocycles. The molecule has 0 heterocycles. The molecule has 3 rings (SSSR count).